The lowest BCUT2D eigenvalue weighted by Gasteiger charge is -2.36. The molecule has 0 atom stereocenters. The van der Waals surface area contributed by atoms with Crippen LogP contribution in [0.2, 0.25) is 12.6 Å². The van der Waals surface area contributed by atoms with Crippen LogP contribution in [0.1, 0.15) is 26.7 Å². The molecule has 2 rings (SSSR count). The molecule has 0 radical (unpaired) electrons. The summed E-state index contributed by atoms with van der Waals surface area (Å²) >= 11 is 0. The summed E-state index contributed by atoms with van der Waals surface area (Å²) in [6.45, 7) is 4.47. The van der Waals surface area contributed by atoms with E-state index in [9.17, 15) is 0 Å². The number of pyridine rings is 1. The number of hydrogen-bond donors (Lipinski definition) is 1. The van der Waals surface area contributed by atoms with Crippen molar-refractivity contribution in [3.8, 4) is 0 Å². The molecule has 0 spiro atoms. The Kier molecular flexibility index (Phi) is 3.27. The maximum atomic E-state index is 4.77. The van der Waals surface area contributed by atoms with Crippen LogP contribution in [-0.2, 0) is 0 Å². The van der Waals surface area contributed by atoms with E-state index in [4.69, 9.17) is 4.90 Å². The van der Waals surface area contributed by atoms with Gasteiger partial charge in [-0.25, -0.2) is 5.32 Å². The van der Waals surface area contributed by atoms with Crippen LogP contribution in [0, 0.1) is 0 Å². The second-order valence-corrected chi connectivity index (χ2v) is 4.63. The second-order valence-electron chi connectivity index (χ2n) is 4.63. The Balaban J connectivity index is 2.43. The van der Waals surface area contributed by atoms with Crippen molar-refractivity contribution in [2.45, 2.75) is 39.3 Å². The van der Waals surface area contributed by atoms with Crippen LogP contribution < -0.4 is 9.79 Å². The zero-order valence-electron chi connectivity index (χ0n) is 10.2. The number of anilines is 1. The standard InChI is InChI=1S/C12H20BN3/c1-3-8-13(9-4-2)15-11-14-12-7-5-6-10-16(12)13/h5-7,10-11H,3-4,8-9H2,1-2H3,(H,14,15). The summed E-state index contributed by atoms with van der Waals surface area (Å²) in [5.41, 5.74) is 0. The predicted molar refractivity (Wildman–Crippen MR) is 70.1 cm³/mol. The fourth-order valence-electron chi connectivity index (χ4n) is 2.81. The third-order valence-electron chi connectivity index (χ3n) is 3.47. The minimum Gasteiger partial charge on any atom is -0.423 e. The van der Waals surface area contributed by atoms with Gasteiger partial charge in [-0.3, -0.25) is 0 Å². The number of fused-ring (bicyclic) bond motifs is 1. The first kappa shape index (κ1) is 11.2. The first-order valence-corrected chi connectivity index (χ1v) is 6.31. The highest BCUT2D eigenvalue weighted by Gasteiger charge is 2.33. The van der Waals surface area contributed by atoms with Gasteiger partial charge in [0.1, 0.15) is 6.34 Å². The molecule has 1 aliphatic rings. The zero-order valence-corrected chi connectivity index (χ0v) is 10.2. The molecule has 1 N–H and O–H groups in total. The molecule has 0 saturated carbocycles. The van der Waals surface area contributed by atoms with Crippen LogP contribution in [0.5, 0.6) is 0 Å². The third kappa shape index (κ3) is 1.84. The summed E-state index contributed by atoms with van der Waals surface area (Å²) < 4.78 is 2.34. The summed E-state index contributed by atoms with van der Waals surface area (Å²) in [4.78, 5) is 4.77. The molecule has 0 unspecified atom stereocenters. The summed E-state index contributed by atoms with van der Waals surface area (Å²) in [7, 11) is 0. The predicted octanol–water partition coefficient (Wildman–Crippen LogP) is 2.54. The molecule has 0 fully saturated rings. The lowest BCUT2D eigenvalue weighted by Crippen LogP contribution is -2.66. The van der Waals surface area contributed by atoms with Gasteiger partial charge in [0, 0.05) is 12.3 Å². The Morgan fingerprint density at radius 3 is 2.69 bits per heavy atom. The molecule has 4 heteroatoms. The third-order valence-corrected chi connectivity index (χ3v) is 3.47. The highest BCUT2D eigenvalue weighted by Crippen LogP contribution is 2.21. The first-order chi connectivity index (χ1) is 7.82. The molecule has 1 aromatic rings. The Bertz CT molecular complexity index is 384. The van der Waals surface area contributed by atoms with Gasteiger partial charge in [0.05, 0.1) is 0 Å². The monoisotopic (exact) mass is 217 g/mol. The van der Waals surface area contributed by atoms with Crippen LogP contribution in [0.25, 0.3) is 0 Å². The number of nitrogens with zero attached hydrogens (tertiary/aromatic N) is 2. The molecule has 1 aromatic heterocycles. The van der Waals surface area contributed by atoms with Gasteiger partial charge in [0.25, 0.3) is 0 Å². The highest BCUT2D eigenvalue weighted by atomic mass is 15.2. The maximum absolute atomic E-state index is 4.77. The van der Waals surface area contributed by atoms with E-state index in [2.05, 4.69) is 48.0 Å². The molecule has 3 nitrogen and oxygen atoms in total. The van der Waals surface area contributed by atoms with Crippen molar-refractivity contribution in [2.75, 3.05) is 5.32 Å². The van der Waals surface area contributed by atoms with Crippen LogP contribution >= 0.6 is 0 Å². The summed E-state index contributed by atoms with van der Waals surface area (Å²) in [5.74, 6) is 1.17. The van der Waals surface area contributed by atoms with E-state index in [0.717, 1.165) is 12.6 Å². The molecular weight excluding hydrogens is 197 g/mol. The Hall–Kier alpha value is -1.32. The molecule has 0 aliphatic carbocycles. The van der Waals surface area contributed by atoms with Gasteiger partial charge in [-0.05, 0) is 6.07 Å². The van der Waals surface area contributed by atoms with Gasteiger partial charge >= 0.3 is 6.42 Å². The average Bonchev–Trinajstić information content (AvgIpc) is 2.30. The van der Waals surface area contributed by atoms with E-state index in [1.54, 1.807) is 0 Å². The number of aromatic nitrogens is 1. The summed E-state index contributed by atoms with van der Waals surface area (Å²) in [5, 5.41) is 3.22. The second kappa shape index (κ2) is 4.68. The zero-order chi connectivity index (χ0) is 11.4. The van der Waals surface area contributed by atoms with Gasteiger partial charge in [-0.1, -0.05) is 32.8 Å². The Labute approximate surface area is 97.6 Å². The number of rotatable bonds is 4. The number of nitrogens with one attached hydrogen (secondary N) is 1. The van der Waals surface area contributed by atoms with Gasteiger partial charge in [-0.15, -0.1) is 12.6 Å². The van der Waals surface area contributed by atoms with E-state index < -0.39 is 6.42 Å². The van der Waals surface area contributed by atoms with E-state index in [0.29, 0.717) is 0 Å². The van der Waals surface area contributed by atoms with Crippen molar-refractivity contribution >= 4 is 18.6 Å². The number of hydrogen-bond acceptors (Lipinski definition) is 2. The minimum atomic E-state index is -0.791. The quantitative estimate of drug-likeness (QED) is 0.771. The molecule has 86 valence electrons. The highest BCUT2D eigenvalue weighted by molar-refractivity contribution is 6.71. The van der Waals surface area contributed by atoms with Gasteiger partial charge < -0.3 is 9.38 Å². The fourth-order valence-corrected chi connectivity index (χ4v) is 2.81. The van der Waals surface area contributed by atoms with Crippen LogP contribution in [0.4, 0.5) is 5.82 Å². The van der Waals surface area contributed by atoms with Crippen molar-refractivity contribution < 1.29 is 4.48 Å². The van der Waals surface area contributed by atoms with Crippen LogP contribution in [-0.4, -0.2) is 12.8 Å². The smallest absolute Gasteiger partial charge is 0.301 e. The minimum absolute atomic E-state index is 0.791. The molecular formula is C12H20BN3. The van der Waals surface area contributed by atoms with Gasteiger partial charge in [-0.2, -0.15) is 0 Å². The topological polar surface area (TPSA) is 28.3 Å². The van der Waals surface area contributed by atoms with Crippen LogP contribution in [0.15, 0.2) is 29.3 Å². The molecule has 0 amide bonds. The normalized spacial score (nSPS) is 16.6. The summed E-state index contributed by atoms with van der Waals surface area (Å²) in [6, 6.07) is 6.28. The van der Waals surface area contributed by atoms with E-state index in [1.165, 1.54) is 18.7 Å². The van der Waals surface area contributed by atoms with Crippen molar-refractivity contribution in [3.63, 3.8) is 0 Å². The molecule has 0 saturated heterocycles. The van der Waals surface area contributed by atoms with Gasteiger partial charge in [0.15, 0.2) is 0 Å². The largest absolute Gasteiger partial charge is 0.423 e. The van der Waals surface area contributed by atoms with Gasteiger partial charge in [0.2, 0.25) is 5.82 Å². The molecule has 0 aromatic carbocycles. The molecule has 16 heavy (non-hydrogen) atoms. The van der Waals surface area contributed by atoms with E-state index in [1.807, 2.05) is 6.34 Å². The van der Waals surface area contributed by atoms with Crippen molar-refractivity contribution in [2.24, 2.45) is 4.90 Å². The molecule has 2 heterocycles. The lowest BCUT2D eigenvalue weighted by molar-refractivity contribution is -0.534. The Morgan fingerprint density at radius 1 is 1.25 bits per heavy atom. The SMILES string of the molecule is CCC[B-]1(CCC)N=CNc2cccc[n+]21. The van der Waals surface area contributed by atoms with Crippen molar-refractivity contribution in [3.05, 3.63) is 24.4 Å². The van der Waals surface area contributed by atoms with Crippen LogP contribution in [0.3, 0.4) is 0 Å². The summed E-state index contributed by atoms with van der Waals surface area (Å²) in [6.07, 6.45) is 7.92. The molecule has 1 aliphatic heterocycles. The maximum Gasteiger partial charge on any atom is 0.301 e. The average molecular weight is 217 g/mol. The van der Waals surface area contributed by atoms with Crippen molar-refractivity contribution in [1.82, 2.24) is 0 Å². The first-order valence-electron chi connectivity index (χ1n) is 6.31. The van der Waals surface area contributed by atoms with E-state index >= 15 is 0 Å². The Morgan fingerprint density at radius 2 is 2.00 bits per heavy atom. The molecule has 0 bridgehead atoms. The fraction of sp³-hybridized carbons (Fsp3) is 0.500. The van der Waals surface area contributed by atoms with Crippen molar-refractivity contribution in [1.29, 1.82) is 0 Å². The lowest BCUT2D eigenvalue weighted by atomic mass is 9.40. The van der Waals surface area contributed by atoms with E-state index in [-0.39, 0.29) is 0 Å².